The van der Waals surface area contributed by atoms with Crippen LogP contribution < -0.4 is 5.73 Å². The highest BCUT2D eigenvalue weighted by molar-refractivity contribution is 7.05. The van der Waals surface area contributed by atoms with E-state index < -0.39 is 0 Å². The predicted octanol–water partition coefficient (Wildman–Crippen LogP) is 1.76. The molecule has 2 rings (SSSR count). The molecule has 0 aliphatic rings. The number of hydrogen-bond donors (Lipinski definition) is 1. The molecule has 0 bridgehead atoms. The van der Waals surface area contributed by atoms with Gasteiger partial charge in [-0.25, -0.2) is 4.98 Å². The van der Waals surface area contributed by atoms with Gasteiger partial charge in [-0.2, -0.15) is 0 Å². The van der Waals surface area contributed by atoms with Gasteiger partial charge in [-0.1, -0.05) is 18.3 Å². The summed E-state index contributed by atoms with van der Waals surface area (Å²) in [7, 11) is 0. The fraction of sp³-hybridized carbons (Fsp3) is 0.545. The summed E-state index contributed by atoms with van der Waals surface area (Å²) < 4.78 is 6.08. The average Bonchev–Trinajstić information content (AvgIpc) is 2.96. The van der Waals surface area contributed by atoms with Crippen molar-refractivity contribution in [3.8, 4) is 0 Å². The third kappa shape index (κ3) is 2.37. The van der Waals surface area contributed by atoms with Crippen molar-refractivity contribution in [1.82, 2.24) is 19.1 Å². The van der Waals surface area contributed by atoms with E-state index in [1.165, 1.54) is 11.5 Å². The number of rotatable bonds is 5. The van der Waals surface area contributed by atoms with Crippen molar-refractivity contribution in [3.63, 3.8) is 0 Å². The Morgan fingerprint density at radius 1 is 1.47 bits per heavy atom. The molecule has 17 heavy (non-hydrogen) atoms. The van der Waals surface area contributed by atoms with Crippen LogP contribution in [0.4, 0.5) is 0 Å². The molecule has 92 valence electrons. The molecule has 0 saturated carbocycles. The molecule has 2 aromatic heterocycles. The highest BCUT2D eigenvalue weighted by Gasteiger charge is 2.20. The van der Waals surface area contributed by atoms with Crippen molar-refractivity contribution in [1.29, 1.82) is 0 Å². The molecule has 2 heterocycles. The fourth-order valence-corrected chi connectivity index (χ4v) is 2.58. The van der Waals surface area contributed by atoms with Crippen LogP contribution in [0.1, 0.15) is 42.7 Å². The molecule has 0 saturated heterocycles. The average molecular weight is 251 g/mol. The van der Waals surface area contributed by atoms with Crippen LogP contribution >= 0.6 is 11.5 Å². The summed E-state index contributed by atoms with van der Waals surface area (Å²) in [6.07, 6.45) is 5.69. The molecule has 0 aliphatic heterocycles. The smallest absolute Gasteiger partial charge is 0.131 e. The first kappa shape index (κ1) is 12.2. The lowest BCUT2D eigenvalue weighted by atomic mass is 10.2. The van der Waals surface area contributed by atoms with Crippen LogP contribution in [0.15, 0.2) is 12.4 Å². The van der Waals surface area contributed by atoms with E-state index in [2.05, 4.69) is 33.0 Å². The van der Waals surface area contributed by atoms with Gasteiger partial charge in [0, 0.05) is 18.9 Å². The first-order valence-electron chi connectivity index (χ1n) is 5.85. The highest BCUT2D eigenvalue weighted by Crippen LogP contribution is 2.24. The van der Waals surface area contributed by atoms with E-state index in [0.717, 1.165) is 35.8 Å². The summed E-state index contributed by atoms with van der Waals surface area (Å²) in [5.74, 6) is 0.896. The molecule has 0 aliphatic carbocycles. The van der Waals surface area contributed by atoms with Gasteiger partial charge in [0.1, 0.15) is 11.9 Å². The summed E-state index contributed by atoms with van der Waals surface area (Å²) in [4.78, 5) is 5.38. The monoisotopic (exact) mass is 251 g/mol. The van der Waals surface area contributed by atoms with Crippen molar-refractivity contribution in [2.24, 2.45) is 5.73 Å². The van der Waals surface area contributed by atoms with Gasteiger partial charge in [-0.05, 0) is 24.4 Å². The van der Waals surface area contributed by atoms with E-state index in [9.17, 15) is 0 Å². The summed E-state index contributed by atoms with van der Waals surface area (Å²) in [6.45, 7) is 5.14. The van der Waals surface area contributed by atoms with Gasteiger partial charge in [-0.3, -0.25) is 0 Å². The number of aromatic nitrogens is 4. The van der Waals surface area contributed by atoms with Crippen LogP contribution in [-0.4, -0.2) is 19.1 Å². The van der Waals surface area contributed by atoms with Crippen LogP contribution in [0.5, 0.6) is 0 Å². The third-order valence-electron chi connectivity index (χ3n) is 2.69. The van der Waals surface area contributed by atoms with Crippen LogP contribution in [-0.2, 0) is 13.0 Å². The maximum atomic E-state index is 6.26. The van der Waals surface area contributed by atoms with Crippen molar-refractivity contribution in [2.45, 2.75) is 39.3 Å². The van der Waals surface area contributed by atoms with E-state index in [1.54, 1.807) is 6.20 Å². The van der Waals surface area contributed by atoms with Gasteiger partial charge in [0.2, 0.25) is 0 Å². The summed E-state index contributed by atoms with van der Waals surface area (Å²) in [6, 6.07) is -0.216. The zero-order valence-electron chi connectivity index (χ0n) is 10.1. The maximum absolute atomic E-state index is 6.26. The second-order valence-corrected chi connectivity index (χ2v) is 4.68. The first-order valence-corrected chi connectivity index (χ1v) is 6.63. The van der Waals surface area contributed by atoms with Gasteiger partial charge >= 0.3 is 0 Å². The van der Waals surface area contributed by atoms with Crippen molar-refractivity contribution in [3.05, 3.63) is 28.8 Å². The SMILES string of the molecule is CCCn1ccnc1C(N)c1snnc1CC. The number of nitrogens with zero attached hydrogens (tertiary/aromatic N) is 4. The number of nitrogens with two attached hydrogens (primary N) is 1. The largest absolute Gasteiger partial charge is 0.333 e. The lowest BCUT2D eigenvalue weighted by Gasteiger charge is -2.12. The number of aryl methyl sites for hydroxylation is 2. The van der Waals surface area contributed by atoms with Gasteiger partial charge in [0.05, 0.1) is 10.6 Å². The molecule has 5 nitrogen and oxygen atoms in total. The number of hydrogen-bond acceptors (Lipinski definition) is 5. The summed E-state index contributed by atoms with van der Waals surface area (Å²) in [5, 5.41) is 4.09. The van der Waals surface area contributed by atoms with Crippen molar-refractivity contribution < 1.29 is 0 Å². The Labute approximate surface area is 105 Å². The minimum atomic E-state index is -0.216. The fourth-order valence-electron chi connectivity index (χ4n) is 1.84. The van der Waals surface area contributed by atoms with E-state index in [4.69, 9.17) is 5.73 Å². The summed E-state index contributed by atoms with van der Waals surface area (Å²) in [5.41, 5.74) is 7.24. The Balaban J connectivity index is 2.30. The molecule has 6 heteroatoms. The Morgan fingerprint density at radius 3 is 3.00 bits per heavy atom. The van der Waals surface area contributed by atoms with Crippen LogP contribution in [0.25, 0.3) is 0 Å². The second-order valence-electron chi connectivity index (χ2n) is 3.89. The molecular weight excluding hydrogens is 234 g/mol. The third-order valence-corrected chi connectivity index (χ3v) is 3.54. The van der Waals surface area contributed by atoms with Gasteiger partial charge in [0.15, 0.2) is 0 Å². The van der Waals surface area contributed by atoms with E-state index in [0.29, 0.717) is 0 Å². The Morgan fingerprint density at radius 2 is 2.29 bits per heavy atom. The normalized spacial score (nSPS) is 12.9. The van der Waals surface area contributed by atoms with E-state index in [1.807, 2.05) is 6.20 Å². The topological polar surface area (TPSA) is 69.6 Å². The lowest BCUT2D eigenvalue weighted by molar-refractivity contribution is 0.614. The molecular formula is C11H17N5S. The van der Waals surface area contributed by atoms with Gasteiger partial charge in [0.25, 0.3) is 0 Å². The molecule has 0 aromatic carbocycles. The van der Waals surface area contributed by atoms with Crippen LogP contribution in [0.2, 0.25) is 0 Å². The molecule has 0 amide bonds. The molecule has 2 aromatic rings. The zero-order valence-corrected chi connectivity index (χ0v) is 10.9. The predicted molar refractivity (Wildman–Crippen MR) is 67.8 cm³/mol. The van der Waals surface area contributed by atoms with Crippen LogP contribution in [0, 0.1) is 0 Å². The minimum absolute atomic E-state index is 0.216. The molecule has 0 radical (unpaired) electrons. The molecule has 1 unspecified atom stereocenters. The quantitative estimate of drug-likeness (QED) is 0.879. The molecule has 1 atom stereocenters. The first-order chi connectivity index (χ1) is 8.27. The Hall–Kier alpha value is -1.27. The van der Waals surface area contributed by atoms with E-state index in [-0.39, 0.29) is 6.04 Å². The molecule has 0 spiro atoms. The highest BCUT2D eigenvalue weighted by atomic mass is 32.1. The van der Waals surface area contributed by atoms with Gasteiger partial charge < -0.3 is 10.3 Å². The summed E-state index contributed by atoms with van der Waals surface area (Å²) >= 11 is 1.37. The van der Waals surface area contributed by atoms with Crippen molar-refractivity contribution >= 4 is 11.5 Å². The van der Waals surface area contributed by atoms with Crippen molar-refractivity contribution in [2.75, 3.05) is 0 Å². The number of imidazole rings is 1. The standard InChI is InChI=1S/C11H17N5S/c1-3-6-16-7-5-13-11(16)9(12)10-8(4-2)14-15-17-10/h5,7,9H,3-4,6,12H2,1-2H3. The minimum Gasteiger partial charge on any atom is -0.333 e. The Bertz CT molecular complexity index is 476. The lowest BCUT2D eigenvalue weighted by Crippen LogP contribution is -2.18. The molecule has 0 fully saturated rings. The van der Waals surface area contributed by atoms with Crippen LogP contribution in [0.3, 0.4) is 0 Å². The van der Waals surface area contributed by atoms with E-state index >= 15 is 0 Å². The molecule has 2 N–H and O–H groups in total. The zero-order chi connectivity index (χ0) is 12.3. The van der Waals surface area contributed by atoms with Gasteiger partial charge in [-0.15, -0.1) is 5.10 Å². The second kappa shape index (κ2) is 5.37. The Kier molecular flexibility index (Phi) is 3.86. The maximum Gasteiger partial charge on any atom is 0.131 e.